The zero-order chi connectivity index (χ0) is 15.9. The van der Waals surface area contributed by atoms with Gasteiger partial charge < -0.3 is 15.2 Å². The molecule has 0 saturated carbocycles. The van der Waals surface area contributed by atoms with E-state index in [-0.39, 0.29) is 13.2 Å². The van der Waals surface area contributed by atoms with Gasteiger partial charge in [-0.15, -0.1) is 10.2 Å². The second-order valence-corrected chi connectivity index (χ2v) is 4.42. The van der Waals surface area contributed by atoms with Crippen molar-refractivity contribution >= 4 is 11.9 Å². The molecule has 0 aliphatic carbocycles. The molecule has 116 valence electrons. The first-order valence-corrected chi connectivity index (χ1v) is 6.44. The van der Waals surface area contributed by atoms with Crippen molar-refractivity contribution in [2.75, 3.05) is 13.7 Å². The van der Waals surface area contributed by atoms with Crippen LogP contribution in [0.1, 0.15) is 0 Å². The van der Waals surface area contributed by atoms with Crippen molar-refractivity contribution in [2.24, 2.45) is 0 Å². The van der Waals surface area contributed by atoms with E-state index in [2.05, 4.69) is 20.7 Å². The molecule has 0 bridgehead atoms. The molecule has 22 heavy (non-hydrogen) atoms. The van der Waals surface area contributed by atoms with Crippen LogP contribution in [-0.4, -0.2) is 56.9 Å². The van der Waals surface area contributed by atoms with E-state index >= 15 is 0 Å². The Morgan fingerprint density at radius 3 is 2.73 bits per heavy atom. The molecular weight excluding hydrogens is 290 g/mol. The molecule has 1 unspecified atom stereocenters. The van der Waals surface area contributed by atoms with E-state index in [0.29, 0.717) is 5.82 Å². The number of nitrogens with zero attached hydrogens (tertiary/aromatic N) is 4. The Morgan fingerprint density at radius 2 is 2.09 bits per heavy atom. The number of aliphatic carboxylic acids is 1. The van der Waals surface area contributed by atoms with Crippen LogP contribution in [0.15, 0.2) is 30.3 Å². The van der Waals surface area contributed by atoms with Gasteiger partial charge in [0.1, 0.15) is 6.54 Å². The number of methoxy groups -OCH3 is 1. The molecule has 0 spiro atoms. The fourth-order valence-electron chi connectivity index (χ4n) is 1.72. The Labute approximate surface area is 125 Å². The van der Waals surface area contributed by atoms with Gasteiger partial charge in [-0.3, -0.25) is 4.79 Å². The van der Waals surface area contributed by atoms with Gasteiger partial charge >= 0.3 is 5.97 Å². The number of ether oxygens (including phenoxy) is 1. The van der Waals surface area contributed by atoms with Crippen molar-refractivity contribution in [2.45, 2.75) is 12.6 Å². The molecule has 1 aromatic heterocycles. The molecule has 1 atom stereocenters. The molecule has 1 heterocycles. The molecule has 1 aromatic carbocycles. The lowest BCUT2D eigenvalue weighted by molar-refractivity contribution is -0.143. The van der Waals surface area contributed by atoms with Gasteiger partial charge in [0.2, 0.25) is 11.7 Å². The molecule has 9 heteroatoms. The minimum Gasteiger partial charge on any atom is -0.480 e. The van der Waals surface area contributed by atoms with E-state index in [4.69, 9.17) is 9.84 Å². The summed E-state index contributed by atoms with van der Waals surface area (Å²) in [5.41, 5.74) is 0.775. The predicted octanol–water partition coefficient (Wildman–Crippen LogP) is -0.444. The largest absolute Gasteiger partial charge is 0.480 e. The molecule has 0 saturated heterocycles. The molecule has 0 fully saturated rings. The molecule has 2 rings (SSSR count). The van der Waals surface area contributed by atoms with Crippen molar-refractivity contribution in [3.05, 3.63) is 30.3 Å². The van der Waals surface area contributed by atoms with Gasteiger partial charge in [0.25, 0.3) is 0 Å². The quantitative estimate of drug-likeness (QED) is 0.711. The summed E-state index contributed by atoms with van der Waals surface area (Å²) in [6.45, 7) is -0.353. The predicted molar refractivity (Wildman–Crippen MR) is 74.7 cm³/mol. The van der Waals surface area contributed by atoms with Gasteiger partial charge in [-0.05, 0) is 5.21 Å². The van der Waals surface area contributed by atoms with Crippen LogP contribution in [0.25, 0.3) is 11.4 Å². The van der Waals surface area contributed by atoms with Gasteiger partial charge in [0.15, 0.2) is 6.04 Å². The first-order valence-electron chi connectivity index (χ1n) is 6.44. The highest BCUT2D eigenvalue weighted by Gasteiger charge is 2.20. The molecule has 0 radical (unpaired) electrons. The average molecular weight is 305 g/mol. The highest BCUT2D eigenvalue weighted by Crippen LogP contribution is 2.11. The molecule has 0 aliphatic rings. The van der Waals surface area contributed by atoms with Crippen LogP contribution in [-0.2, 0) is 20.9 Å². The van der Waals surface area contributed by atoms with E-state index in [0.717, 1.165) is 10.4 Å². The van der Waals surface area contributed by atoms with Crippen molar-refractivity contribution in [1.29, 1.82) is 0 Å². The normalized spacial score (nSPS) is 11.9. The van der Waals surface area contributed by atoms with Crippen LogP contribution < -0.4 is 5.32 Å². The lowest BCUT2D eigenvalue weighted by atomic mass is 10.2. The van der Waals surface area contributed by atoms with Gasteiger partial charge in [0, 0.05) is 12.7 Å². The summed E-state index contributed by atoms with van der Waals surface area (Å²) < 4.78 is 4.73. The fraction of sp³-hybridized carbons (Fsp3) is 0.308. The number of carboxylic acids is 1. The number of benzene rings is 1. The number of rotatable bonds is 7. The second-order valence-electron chi connectivity index (χ2n) is 4.42. The fourth-order valence-corrected chi connectivity index (χ4v) is 1.72. The lowest BCUT2D eigenvalue weighted by Crippen LogP contribution is -2.45. The average Bonchev–Trinajstić information content (AvgIpc) is 2.96. The molecule has 2 N–H and O–H groups in total. The maximum atomic E-state index is 11.8. The third-order valence-electron chi connectivity index (χ3n) is 2.74. The van der Waals surface area contributed by atoms with E-state index in [1.54, 1.807) is 0 Å². The molecule has 9 nitrogen and oxygen atoms in total. The van der Waals surface area contributed by atoms with Crippen molar-refractivity contribution in [3.8, 4) is 11.4 Å². The SMILES string of the molecule is COCC(NC(=O)Cn1nnc(-c2ccccc2)n1)C(=O)O. The zero-order valence-electron chi connectivity index (χ0n) is 11.8. The minimum absolute atomic E-state index is 0.124. The number of tetrazole rings is 1. The number of hydrogen-bond donors (Lipinski definition) is 2. The van der Waals surface area contributed by atoms with Crippen LogP contribution >= 0.6 is 0 Å². The highest BCUT2D eigenvalue weighted by molar-refractivity contribution is 5.83. The van der Waals surface area contributed by atoms with Crippen molar-refractivity contribution in [3.63, 3.8) is 0 Å². The van der Waals surface area contributed by atoms with Crippen LogP contribution in [0.2, 0.25) is 0 Å². The van der Waals surface area contributed by atoms with E-state index in [1.807, 2.05) is 30.3 Å². The van der Waals surface area contributed by atoms with E-state index in [1.165, 1.54) is 7.11 Å². The summed E-state index contributed by atoms with van der Waals surface area (Å²) >= 11 is 0. The minimum atomic E-state index is -1.17. The van der Waals surface area contributed by atoms with Gasteiger partial charge in [0.05, 0.1) is 6.61 Å². The summed E-state index contributed by atoms with van der Waals surface area (Å²) in [6.07, 6.45) is 0. The molecular formula is C13H15N5O4. The second kappa shape index (κ2) is 7.27. The number of hydrogen-bond acceptors (Lipinski definition) is 6. The van der Waals surface area contributed by atoms with Crippen LogP contribution in [0, 0.1) is 0 Å². The Kier molecular flexibility index (Phi) is 5.15. The van der Waals surface area contributed by atoms with Gasteiger partial charge in [-0.1, -0.05) is 30.3 Å². The van der Waals surface area contributed by atoms with Crippen LogP contribution in [0.5, 0.6) is 0 Å². The smallest absolute Gasteiger partial charge is 0.328 e. The summed E-state index contributed by atoms with van der Waals surface area (Å²) in [4.78, 5) is 23.8. The zero-order valence-corrected chi connectivity index (χ0v) is 11.8. The van der Waals surface area contributed by atoms with Gasteiger partial charge in [-0.2, -0.15) is 4.80 Å². The van der Waals surface area contributed by atoms with E-state index < -0.39 is 17.9 Å². The summed E-state index contributed by atoms with van der Waals surface area (Å²) in [7, 11) is 1.35. The maximum Gasteiger partial charge on any atom is 0.328 e. The number of carbonyl (C=O) groups is 2. The summed E-state index contributed by atoms with van der Waals surface area (Å²) in [5.74, 6) is -1.33. The molecule has 1 amide bonds. The van der Waals surface area contributed by atoms with Crippen LogP contribution in [0.3, 0.4) is 0 Å². The van der Waals surface area contributed by atoms with Crippen molar-refractivity contribution < 1.29 is 19.4 Å². The Hall–Kier alpha value is -2.81. The standard InChI is InChI=1S/C13H15N5O4/c1-22-8-10(13(20)21)14-11(19)7-18-16-12(15-17-18)9-5-3-2-4-6-9/h2-6,10H,7-8H2,1H3,(H,14,19)(H,20,21). The van der Waals surface area contributed by atoms with Gasteiger partial charge in [-0.25, -0.2) is 4.79 Å². The monoisotopic (exact) mass is 305 g/mol. The summed E-state index contributed by atoms with van der Waals surface area (Å²) in [6, 6.07) is 8.06. The number of nitrogens with one attached hydrogen (secondary N) is 1. The Bertz CT molecular complexity index is 643. The topological polar surface area (TPSA) is 119 Å². The first kappa shape index (κ1) is 15.6. The maximum absolute atomic E-state index is 11.8. The van der Waals surface area contributed by atoms with Crippen molar-refractivity contribution in [1.82, 2.24) is 25.5 Å². The number of carbonyl (C=O) groups excluding carboxylic acids is 1. The Balaban J connectivity index is 1.98. The van der Waals surface area contributed by atoms with Crippen LogP contribution in [0.4, 0.5) is 0 Å². The molecule has 2 aromatic rings. The Morgan fingerprint density at radius 1 is 1.36 bits per heavy atom. The third kappa shape index (κ3) is 4.09. The lowest BCUT2D eigenvalue weighted by Gasteiger charge is -2.12. The summed E-state index contributed by atoms with van der Waals surface area (Å²) in [5, 5.41) is 22.9. The number of aromatic nitrogens is 4. The van der Waals surface area contributed by atoms with E-state index in [9.17, 15) is 9.59 Å². The number of carboxylic acid groups (broad SMARTS) is 1. The molecule has 0 aliphatic heterocycles. The first-order chi connectivity index (χ1) is 10.6. The number of amides is 1. The third-order valence-corrected chi connectivity index (χ3v) is 2.74. The highest BCUT2D eigenvalue weighted by atomic mass is 16.5.